The second-order valence-corrected chi connectivity index (χ2v) is 4.71. The number of halogens is 3. The van der Waals surface area contributed by atoms with Crippen LogP contribution in [0.2, 0.25) is 5.02 Å². The zero-order valence-electron chi connectivity index (χ0n) is 10.2. The third kappa shape index (κ3) is 3.18. The standard InChI is InChI=1S/C15H11ClF2O/c1-9-6-12(17)4-2-10(9)8-15(19)11-3-5-13(16)14(18)7-11/h2-7H,8H2,1H3. The lowest BCUT2D eigenvalue weighted by Gasteiger charge is -2.06. The Hall–Kier alpha value is -1.74. The predicted molar refractivity (Wildman–Crippen MR) is 70.6 cm³/mol. The second-order valence-electron chi connectivity index (χ2n) is 4.30. The summed E-state index contributed by atoms with van der Waals surface area (Å²) in [5.41, 5.74) is 1.68. The van der Waals surface area contributed by atoms with Gasteiger partial charge in [-0.25, -0.2) is 8.78 Å². The van der Waals surface area contributed by atoms with Gasteiger partial charge in [0.25, 0.3) is 0 Å². The molecule has 2 rings (SSSR count). The largest absolute Gasteiger partial charge is 0.294 e. The number of carbonyl (C=O) groups is 1. The number of benzene rings is 2. The van der Waals surface area contributed by atoms with Gasteiger partial charge in [-0.3, -0.25) is 4.79 Å². The van der Waals surface area contributed by atoms with E-state index in [9.17, 15) is 13.6 Å². The molecule has 0 N–H and O–H groups in total. The molecule has 0 aliphatic rings. The fourth-order valence-corrected chi connectivity index (χ4v) is 1.92. The maximum atomic E-state index is 13.3. The van der Waals surface area contributed by atoms with E-state index in [1.54, 1.807) is 13.0 Å². The lowest BCUT2D eigenvalue weighted by Crippen LogP contribution is -2.05. The van der Waals surface area contributed by atoms with E-state index in [1.807, 2.05) is 0 Å². The average Bonchev–Trinajstić information content (AvgIpc) is 2.36. The van der Waals surface area contributed by atoms with Crippen molar-refractivity contribution in [2.45, 2.75) is 13.3 Å². The molecule has 0 aliphatic carbocycles. The van der Waals surface area contributed by atoms with Gasteiger partial charge in [0.1, 0.15) is 11.6 Å². The summed E-state index contributed by atoms with van der Waals surface area (Å²) in [7, 11) is 0. The van der Waals surface area contributed by atoms with Gasteiger partial charge in [-0.1, -0.05) is 17.7 Å². The second kappa shape index (κ2) is 5.49. The van der Waals surface area contributed by atoms with E-state index in [1.165, 1.54) is 24.3 Å². The van der Waals surface area contributed by atoms with Crippen molar-refractivity contribution >= 4 is 17.4 Å². The van der Waals surface area contributed by atoms with Crippen molar-refractivity contribution in [3.63, 3.8) is 0 Å². The van der Waals surface area contributed by atoms with Crippen molar-refractivity contribution in [3.8, 4) is 0 Å². The first kappa shape index (κ1) is 13.7. The molecule has 0 heterocycles. The molecule has 0 radical (unpaired) electrons. The van der Waals surface area contributed by atoms with Gasteiger partial charge in [0.2, 0.25) is 0 Å². The Morgan fingerprint density at radius 3 is 2.53 bits per heavy atom. The van der Waals surface area contributed by atoms with Crippen LogP contribution in [0.25, 0.3) is 0 Å². The summed E-state index contributed by atoms with van der Waals surface area (Å²) in [5.74, 6) is -1.19. The zero-order valence-corrected chi connectivity index (χ0v) is 11.0. The highest BCUT2D eigenvalue weighted by Gasteiger charge is 2.11. The molecule has 0 saturated heterocycles. The van der Waals surface area contributed by atoms with E-state index < -0.39 is 5.82 Å². The maximum Gasteiger partial charge on any atom is 0.167 e. The molecule has 0 unspecified atom stereocenters. The summed E-state index contributed by atoms with van der Waals surface area (Å²) in [6.45, 7) is 1.73. The minimum Gasteiger partial charge on any atom is -0.294 e. The molecule has 2 aromatic carbocycles. The smallest absolute Gasteiger partial charge is 0.167 e. The molecule has 4 heteroatoms. The first-order chi connectivity index (χ1) is 8.97. The normalized spacial score (nSPS) is 10.5. The van der Waals surface area contributed by atoms with E-state index in [4.69, 9.17) is 11.6 Å². The van der Waals surface area contributed by atoms with Crippen LogP contribution in [0, 0.1) is 18.6 Å². The van der Waals surface area contributed by atoms with Gasteiger partial charge < -0.3 is 0 Å². The fourth-order valence-electron chi connectivity index (χ4n) is 1.80. The molecule has 2 aromatic rings. The van der Waals surface area contributed by atoms with Crippen molar-refractivity contribution in [1.29, 1.82) is 0 Å². The summed E-state index contributed by atoms with van der Waals surface area (Å²) >= 11 is 5.56. The van der Waals surface area contributed by atoms with Crippen LogP contribution in [0.4, 0.5) is 8.78 Å². The third-order valence-electron chi connectivity index (χ3n) is 2.90. The van der Waals surface area contributed by atoms with Crippen LogP contribution in [0.5, 0.6) is 0 Å². The van der Waals surface area contributed by atoms with Crippen LogP contribution in [-0.4, -0.2) is 5.78 Å². The molecule has 0 aromatic heterocycles. The molecular formula is C15H11ClF2O. The summed E-state index contributed by atoms with van der Waals surface area (Å²) in [6, 6.07) is 8.18. The van der Waals surface area contributed by atoms with Crippen LogP contribution in [-0.2, 0) is 6.42 Å². The molecule has 1 nitrogen and oxygen atoms in total. The molecule has 98 valence electrons. The Morgan fingerprint density at radius 1 is 1.16 bits per heavy atom. The van der Waals surface area contributed by atoms with Gasteiger partial charge >= 0.3 is 0 Å². The third-order valence-corrected chi connectivity index (χ3v) is 3.20. The molecule has 0 bridgehead atoms. The minimum atomic E-state index is -0.622. The first-order valence-electron chi connectivity index (χ1n) is 5.70. The Kier molecular flexibility index (Phi) is 3.96. The van der Waals surface area contributed by atoms with Gasteiger partial charge in [0, 0.05) is 12.0 Å². The number of ketones is 1. The predicted octanol–water partition coefficient (Wildman–Crippen LogP) is 4.35. The summed E-state index contributed by atoms with van der Waals surface area (Å²) < 4.78 is 26.2. The molecule has 0 saturated carbocycles. The summed E-state index contributed by atoms with van der Waals surface area (Å²) in [6.07, 6.45) is 0.104. The van der Waals surface area contributed by atoms with Crippen molar-refractivity contribution in [3.05, 3.63) is 69.7 Å². The fraction of sp³-hybridized carbons (Fsp3) is 0.133. The Morgan fingerprint density at radius 2 is 1.89 bits per heavy atom. The zero-order chi connectivity index (χ0) is 14.0. The maximum absolute atomic E-state index is 13.3. The topological polar surface area (TPSA) is 17.1 Å². The number of aryl methyl sites for hydroxylation is 1. The van der Waals surface area contributed by atoms with Crippen LogP contribution in [0.15, 0.2) is 36.4 Å². The van der Waals surface area contributed by atoms with Gasteiger partial charge in [-0.05, 0) is 48.4 Å². The van der Waals surface area contributed by atoms with Crippen LogP contribution >= 0.6 is 11.6 Å². The Bertz CT molecular complexity index is 638. The van der Waals surface area contributed by atoms with E-state index in [2.05, 4.69) is 0 Å². The number of rotatable bonds is 3. The lowest BCUT2D eigenvalue weighted by atomic mass is 9.99. The number of hydrogen-bond donors (Lipinski definition) is 0. The SMILES string of the molecule is Cc1cc(F)ccc1CC(=O)c1ccc(Cl)c(F)c1. The van der Waals surface area contributed by atoms with Gasteiger partial charge in [-0.15, -0.1) is 0 Å². The molecule has 0 atom stereocenters. The van der Waals surface area contributed by atoms with Crippen molar-refractivity contribution in [2.24, 2.45) is 0 Å². The van der Waals surface area contributed by atoms with Gasteiger partial charge in [-0.2, -0.15) is 0 Å². The first-order valence-corrected chi connectivity index (χ1v) is 6.08. The van der Waals surface area contributed by atoms with Crippen LogP contribution in [0.1, 0.15) is 21.5 Å². The van der Waals surface area contributed by atoms with Crippen LogP contribution < -0.4 is 0 Å². The molecular weight excluding hydrogens is 270 g/mol. The van der Waals surface area contributed by atoms with Crippen LogP contribution in [0.3, 0.4) is 0 Å². The number of hydrogen-bond acceptors (Lipinski definition) is 1. The van der Waals surface area contributed by atoms with Gasteiger partial charge in [0.05, 0.1) is 5.02 Å². The van der Waals surface area contributed by atoms with Crippen molar-refractivity contribution in [1.82, 2.24) is 0 Å². The quantitative estimate of drug-likeness (QED) is 0.764. The number of carbonyl (C=O) groups excluding carboxylic acids is 1. The summed E-state index contributed by atoms with van der Waals surface area (Å²) in [4.78, 5) is 12.0. The average molecular weight is 281 g/mol. The van der Waals surface area contributed by atoms with E-state index >= 15 is 0 Å². The molecule has 0 aliphatic heterocycles. The highest BCUT2D eigenvalue weighted by molar-refractivity contribution is 6.30. The lowest BCUT2D eigenvalue weighted by molar-refractivity contribution is 0.0992. The van der Waals surface area contributed by atoms with Crippen molar-refractivity contribution in [2.75, 3.05) is 0 Å². The Balaban J connectivity index is 2.23. The van der Waals surface area contributed by atoms with E-state index in [0.717, 1.165) is 11.6 Å². The molecule has 0 amide bonds. The highest BCUT2D eigenvalue weighted by Crippen LogP contribution is 2.18. The molecule has 19 heavy (non-hydrogen) atoms. The monoisotopic (exact) mass is 280 g/mol. The minimum absolute atomic E-state index is 0.0190. The number of Topliss-reactive ketones (excluding diaryl/α,β-unsaturated/α-hetero) is 1. The highest BCUT2D eigenvalue weighted by atomic mass is 35.5. The van der Waals surface area contributed by atoms with Gasteiger partial charge in [0.15, 0.2) is 5.78 Å². The Labute approximate surface area is 114 Å². The van der Waals surface area contributed by atoms with Crippen molar-refractivity contribution < 1.29 is 13.6 Å². The summed E-state index contributed by atoms with van der Waals surface area (Å²) in [5, 5.41) is -0.0190. The molecule has 0 spiro atoms. The van der Waals surface area contributed by atoms with E-state index in [0.29, 0.717) is 5.56 Å². The molecule has 0 fully saturated rings. The van der Waals surface area contributed by atoms with E-state index in [-0.39, 0.29) is 28.6 Å².